The second kappa shape index (κ2) is 7.74. The zero-order valence-electron chi connectivity index (χ0n) is 16.9. The van der Waals surface area contributed by atoms with E-state index in [1.54, 1.807) is 32.7 Å². The van der Waals surface area contributed by atoms with Crippen molar-refractivity contribution in [1.82, 2.24) is 19.6 Å². The molecule has 0 spiro atoms. The van der Waals surface area contributed by atoms with E-state index in [1.165, 1.54) is 4.68 Å². The van der Waals surface area contributed by atoms with E-state index in [4.69, 9.17) is 4.74 Å². The highest BCUT2D eigenvalue weighted by molar-refractivity contribution is 6.06. The number of aryl methyl sites for hydroxylation is 2. The van der Waals surface area contributed by atoms with Crippen molar-refractivity contribution < 1.29 is 14.5 Å². The summed E-state index contributed by atoms with van der Waals surface area (Å²) in [6.45, 7) is 5.63. The van der Waals surface area contributed by atoms with E-state index >= 15 is 0 Å². The van der Waals surface area contributed by atoms with Gasteiger partial charge in [-0.1, -0.05) is 12.1 Å². The van der Waals surface area contributed by atoms with E-state index in [9.17, 15) is 14.9 Å². The van der Waals surface area contributed by atoms with Gasteiger partial charge in [0.05, 0.1) is 35.7 Å². The number of rotatable bonds is 6. The van der Waals surface area contributed by atoms with Gasteiger partial charge in [0, 0.05) is 7.05 Å². The number of anilines is 1. The van der Waals surface area contributed by atoms with Crippen molar-refractivity contribution in [2.24, 2.45) is 7.05 Å². The van der Waals surface area contributed by atoms with E-state index in [1.807, 2.05) is 31.2 Å². The van der Waals surface area contributed by atoms with Crippen LogP contribution < -0.4 is 10.1 Å². The fourth-order valence-electron chi connectivity index (χ4n) is 3.12. The molecule has 0 atom stereocenters. The Hall–Kier alpha value is -3.69. The molecule has 1 aromatic carbocycles. The summed E-state index contributed by atoms with van der Waals surface area (Å²) in [5.74, 6) is 0.0999. The lowest BCUT2D eigenvalue weighted by atomic mass is 10.2. The maximum atomic E-state index is 12.7. The molecule has 29 heavy (non-hydrogen) atoms. The lowest BCUT2D eigenvalue weighted by Crippen LogP contribution is -2.16. The molecule has 0 unspecified atom stereocenters. The second-order valence-electron chi connectivity index (χ2n) is 6.67. The molecule has 2 heterocycles. The molecular weight excluding hydrogens is 376 g/mol. The topological polar surface area (TPSA) is 117 Å². The summed E-state index contributed by atoms with van der Waals surface area (Å²) >= 11 is 0. The molecule has 0 radical (unpaired) electrons. The minimum atomic E-state index is -0.646. The van der Waals surface area contributed by atoms with Crippen LogP contribution in [0.3, 0.4) is 0 Å². The van der Waals surface area contributed by atoms with Crippen LogP contribution in [0.4, 0.5) is 11.4 Å². The average Bonchev–Trinajstić information content (AvgIpc) is 3.12. The number of carbonyl (C=O) groups excluding carboxylic acids is 1. The third kappa shape index (κ3) is 3.82. The van der Waals surface area contributed by atoms with Crippen LogP contribution in [-0.2, 0) is 13.6 Å². The van der Waals surface area contributed by atoms with Gasteiger partial charge in [-0.05, 0) is 38.5 Å². The molecule has 10 heteroatoms. The van der Waals surface area contributed by atoms with Crippen molar-refractivity contribution in [3.05, 3.63) is 62.7 Å². The highest BCUT2D eigenvalue weighted by Crippen LogP contribution is 2.26. The van der Waals surface area contributed by atoms with Crippen LogP contribution in [0.5, 0.6) is 5.75 Å². The molecule has 1 amide bonds. The number of amides is 1. The van der Waals surface area contributed by atoms with Crippen molar-refractivity contribution in [1.29, 1.82) is 0 Å². The van der Waals surface area contributed by atoms with Gasteiger partial charge in [0.25, 0.3) is 5.91 Å². The van der Waals surface area contributed by atoms with Crippen molar-refractivity contribution in [3.63, 3.8) is 0 Å². The molecule has 0 saturated heterocycles. The number of hydrogen-bond donors (Lipinski definition) is 1. The fraction of sp³-hybridized carbons (Fsp3) is 0.316. The van der Waals surface area contributed by atoms with Crippen molar-refractivity contribution in [2.45, 2.75) is 27.3 Å². The smallest absolute Gasteiger partial charge is 0.322 e. The number of nitrogens with one attached hydrogen (secondary N) is 1. The van der Waals surface area contributed by atoms with Gasteiger partial charge in [0.2, 0.25) is 5.69 Å². The number of aromatic nitrogens is 4. The van der Waals surface area contributed by atoms with Crippen LogP contribution in [0.2, 0.25) is 0 Å². The number of benzene rings is 1. The summed E-state index contributed by atoms with van der Waals surface area (Å²) in [6.07, 6.45) is 0. The molecule has 0 aliphatic carbocycles. The molecule has 0 aliphatic heterocycles. The van der Waals surface area contributed by atoms with Gasteiger partial charge in [0.1, 0.15) is 11.4 Å². The van der Waals surface area contributed by atoms with Gasteiger partial charge in [-0.15, -0.1) is 0 Å². The summed E-state index contributed by atoms with van der Waals surface area (Å²) in [7, 11) is 3.16. The first kappa shape index (κ1) is 20.1. The van der Waals surface area contributed by atoms with Gasteiger partial charge >= 0.3 is 5.69 Å². The number of carbonyl (C=O) groups is 1. The van der Waals surface area contributed by atoms with E-state index in [-0.39, 0.29) is 11.4 Å². The molecule has 0 aliphatic rings. The van der Waals surface area contributed by atoms with Crippen molar-refractivity contribution in [3.8, 4) is 5.75 Å². The van der Waals surface area contributed by atoms with Crippen molar-refractivity contribution in [2.75, 3.05) is 12.4 Å². The van der Waals surface area contributed by atoms with E-state index < -0.39 is 10.8 Å². The molecule has 2 aromatic heterocycles. The molecule has 0 fully saturated rings. The van der Waals surface area contributed by atoms with Gasteiger partial charge in [-0.3, -0.25) is 24.3 Å². The SMILES string of the molecule is COc1cccc(Cn2nc(C)c(NC(=O)c3nn(C)c(C)c3[N+](=O)[O-])c2C)c1. The number of methoxy groups -OCH3 is 1. The molecular formula is C19H22N6O4. The quantitative estimate of drug-likeness (QED) is 0.504. The second-order valence-corrected chi connectivity index (χ2v) is 6.67. The monoisotopic (exact) mass is 398 g/mol. The Morgan fingerprint density at radius 3 is 2.62 bits per heavy atom. The molecule has 3 rings (SSSR count). The van der Waals surface area contributed by atoms with Crippen LogP contribution >= 0.6 is 0 Å². The Bertz CT molecular complexity index is 1100. The maximum Gasteiger partial charge on any atom is 0.322 e. The van der Waals surface area contributed by atoms with Gasteiger partial charge in [-0.25, -0.2) is 0 Å². The van der Waals surface area contributed by atoms with Crippen LogP contribution in [0.15, 0.2) is 24.3 Å². The number of hydrogen-bond acceptors (Lipinski definition) is 6. The van der Waals surface area contributed by atoms with E-state index in [2.05, 4.69) is 15.5 Å². The molecule has 0 saturated carbocycles. The Morgan fingerprint density at radius 1 is 1.24 bits per heavy atom. The largest absolute Gasteiger partial charge is 0.497 e. The van der Waals surface area contributed by atoms with Gasteiger partial charge in [0.15, 0.2) is 0 Å². The normalized spacial score (nSPS) is 10.8. The van der Waals surface area contributed by atoms with Crippen LogP contribution in [-0.4, -0.2) is 37.5 Å². The lowest BCUT2D eigenvalue weighted by Gasteiger charge is -2.08. The third-order valence-electron chi connectivity index (χ3n) is 4.79. The molecule has 1 N–H and O–H groups in total. The zero-order valence-corrected chi connectivity index (χ0v) is 16.9. The highest BCUT2D eigenvalue weighted by Gasteiger charge is 2.30. The number of nitrogens with zero attached hydrogens (tertiary/aromatic N) is 5. The van der Waals surface area contributed by atoms with Crippen LogP contribution in [0.25, 0.3) is 0 Å². The molecule has 3 aromatic rings. The minimum absolute atomic E-state index is 0.227. The molecule has 0 bridgehead atoms. The third-order valence-corrected chi connectivity index (χ3v) is 4.79. The Morgan fingerprint density at radius 2 is 1.97 bits per heavy atom. The standard InChI is InChI=1S/C19H22N6O4/c1-11-16(20-19(26)17-18(25(27)28)13(3)23(4)22-17)12(2)24(21-11)10-14-7-6-8-15(9-14)29-5/h6-9H,10H2,1-5H3,(H,20,26). The average molecular weight is 398 g/mol. The first-order valence-corrected chi connectivity index (χ1v) is 8.89. The van der Waals surface area contributed by atoms with Crippen LogP contribution in [0, 0.1) is 30.9 Å². The number of nitro groups is 1. The zero-order chi connectivity index (χ0) is 21.3. The Labute approximate surface area is 167 Å². The summed E-state index contributed by atoms with van der Waals surface area (Å²) in [5.41, 5.74) is 2.61. The predicted octanol–water partition coefficient (Wildman–Crippen LogP) is 2.76. The minimum Gasteiger partial charge on any atom is -0.497 e. The van der Waals surface area contributed by atoms with E-state index in [0.29, 0.717) is 23.6 Å². The Balaban J connectivity index is 1.88. The summed E-state index contributed by atoms with van der Waals surface area (Å²) in [5, 5.41) is 22.6. The summed E-state index contributed by atoms with van der Waals surface area (Å²) in [4.78, 5) is 23.5. The van der Waals surface area contributed by atoms with Crippen LogP contribution in [0.1, 0.15) is 33.1 Å². The van der Waals surface area contributed by atoms with Crippen molar-refractivity contribution >= 4 is 17.3 Å². The molecule has 152 valence electrons. The maximum absolute atomic E-state index is 12.7. The highest BCUT2D eigenvalue weighted by atomic mass is 16.6. The van der Waals surface area contributed by atoms with Gasteiger partial charge in [-0.2, -0.15) is 10.2 Å². The van der Waals surface area contributed by atoms with E-state index in [0.717, 1.165) is 17.0 Å². The molecule has 10 nitrogen and oxygen atoms in total. The Kier molecular flexibility index (Phi) is 5.35. The summed E-state index contributed by atoms with van der Waals surface area (Å²) in [6, 6.07) is 7.62. The van der Waals surface area contributed by atoms with Gasteiger partial charge < -0.3 is 10.1 Å². The summed E-state index contributed by atoms with van der Waals surface area (Å²) < 4.78 is 8.32. The first-order chi connectivity index (χ1) is 13.7. The predicted molar refractivity (Wildman–Crippen MR) is 106 cm³/mol. The first-order valence-electron chi connectivity index (χ1n) is 8.89. The lowest BCUT2D eigenvalue weighted by molar-refractivity contribution is -0.385. The number of ether oxygens (including phenoxy) is 1. The fourth-order valence-corrected chi connectivity index (χ4v) is 3.12.